The molecule has 10 nitrogen and oxygen atoms in total. The summed E-state index contributed by atoms with van der Waals surface area (Å²) in [6, 6.07) is 10.8. The largest absolute Gasteiger partial charge is 0.462 e. The summed E-state index contributed by atoms with van der Waals surface area (Å²) in [7, 11) is 0. The zero-order chi connectivity index (χ0) is 24.0. The van der Waals surface area contributed by atoms with Crippen molar-refractivity contribution in [2.24, 2.45) is 5.10 Å². The number of hydrogen-bond acceptors (Lipinski definition) is 10. The first kappa shape index (κ1) is 22.8. The second-order valence-electron chi connectivity index (χ2n) is 8.52. The number of carbonyl (C=O) groups excluding carboxylic acids is 1. The second kappa shape index (κ2) is 10.5. The van der Waals surface area contributed by atoms with Crippen molar-refractivity contribution in [3.63, 3.8) is 0 Å². The van der Waals surface area contributed by atoms with Gasteiger partial charge in [0.1, 0.15) is 11.5 Å². The Bertz CT molecular complexity index is 1150. The van der Waals surface area contributed by atoms with Gasteiger partial charge in [0.05, 0.1) is 18.4 Å². The first-order valence-electron chi connectivity index (χ1n) is 12.1. The topological polar surface area (TPSA) is 109 Å². The van der Waals surface area contributed by atoms with E-state index in [4.69, 9.17) is 14.1 Å². The fourth-order valence-electron chi connectivity index (χ4n) is 4.24. The van der Waals surface area contributed by atoms with Gasteiger partial charge in [-0.05, 0) is 56.9 Å². The lowest BCUT2D eigenvalue weighted by Crippen LogP contribution is -2.25. The van der Waals surface area contributed by atoms with Crippen LogP contribution in [0.3, 0.4) is 0 Å². The van der Waals surface area contributed by atoms with Crippen molar-refractivity contribution >= 4 is 30.0 Å². The lowest BCUT2D eigenvalue weighted by Gasteiger charge is -2.20. The molecule has 1 aromatic carbocycles. The van der Waals surface area contributed by atoms with E-state index >= 15 is 0 Å². The van der Waals surface area contributed by atoms with Crippen molar-refractivity contribution < 1.29 is 13.9 Å². The van der Waals surface area contributed by atoms with Crippen LogP contribution >= 0.6 is 0 Å². The van der Waals surface area contributed by atoms with E-state index in [1.807, 2.05) is 24.3 Å². The molecule has 0 saturated carbocycles. The SMILES string of the molecule is CCOC(=O)c1ccc(-c2ccc(/C=N/Nc3nc(N4CCCC4)nc(N4CCCC4)n3)o2)cc1. The van der Waals surface area contributed by atoms with Crippen LogP contribution in [0, 0.1) is 0 Å². The molecule has 2 fully saturated rings. The minimum absolute atomic E-state index is 0.337. The van der Waals surface area contributed by atoms with Crippen LogP contribution in [0.25, 0.3) is 11.3 Å². The number of nitrogens with one attached hydrogen (secondary N) is 1. The fraction of sp³-hybridized carbons (Fsp3) is 0.400. The normalized spacial score (nSPS) is 15.8. The van der Waals surface area contributed by atoms with Crippen molar-refractivity contribution in [2.75, 3.05) is 48.0 Å². The second-order valence-corrected chi connectivity index (χ2v) is 8.52. The number of rotatable bonds is 8. The van der Waals surface area contributed by atoms with Gasteiger partial charge in [0.25, 0.3) is 0 Å². The summed E-state index contributed by atoms with van der Waals surface area (Å²) in [5, 5.41) is 4.29. The van der Waals surface area contributed by atoms with Crippen molar-refractivity contribution in [2.45, 2.75) is 32.6 Å². The average molecular weight is 476 g/mol. The fourth-order valence-corrected chi connectivity index (χ4v) is 4.24. The molecule has 2 aliphatic heterocycles. The van der Waals surface area contributed by atoms with Gasteiger partial charge < -0.3 is 19.0 Å². The summed E-state index contributed by atoms with van der Waals surface area (Å²) in [4.78, 5) is 30.1. The molecular weight excluding hydrogens is 446 g/mol. The number of benzene rings is 1. The Kier molecular flexibility index (Phi) is 6.87. The number of nitrogens with zero attached hydrogens (tertiary/aromatic N) is 6. The summed E-state index contributed by atoms with van der Waals surface area (Å²) in [6.07, 6.45) is 6.19. The van der Waals surface area contributed by atoms with E-state index in [0.717, 1.165) is 57.4 Å². The quantitative estimate of drug-likeness (QED) is 0.294. The first-order chi connectivity index (χ1) is 17.2. The molecule has 0 amide bonds. The molecular formula is C25H29N7O3. The van der Waals surface area contributed by atoms with E-state index in [2.05, 4.69) is 30.3 Å². The van der Waals surface area contributed by atoms with Crippen LogP contribution in [0.2, 0.25) is 0 Å². The highest BCUT2D eigenvalue weighted by Crippen LogP contribution is 2.24. The van der Waals surface area contributed by atoms with Gasteiger partial charge in [0.15, 0.2) is 0 Å². The highest BCUT2D eigenvalue weighted by Gasteiger charge is 2.21. The van der Waals surface area contributed by atoms with Crippen molar-refractivity contribution in [1.82, 2.24) is 15.0 Å². The van der Waals surface area contributed by atoms with Crippen LogP contribution in [0.1, 0.15) is 48.7 Å². The lowest BCUT2D eigenvalue weighted by molar-refractivity contribution is 0.0526. The predicted octanol–water partition coefficient (Wildman–Crippen LogP) is 3.95. The Hall–Kier alpha value is -3.95. The van der Waals surface area contributed by atoms with E-state index in [9.17, 15) is 4.79 Å². The molecule has 2 aliphatic rings. The first-order valence-corrected chi connectivity index (χ1v) is 12.1. The number of carbonyl (C=O) groups is 1. The molecule has 5 rings (SSSR count). The molecule has 0 atom stereocenters. The van der Waals surface area contributed by atoms with Gasteiger partial charge in [-0.3, -0.25) is 0 Å². The monoisotopic (exact) mass is 475 g/mol. The molecule has 0 aliphatic carbocycles. The van der Waals surface area contributed by atoms with E-state index in [-0.39, 0.29) is 5.97 Å². The third-order valence-corrected chi connectivity index (χ3v) is 6.05. The molecule has 2 saturated heterocycles. The molecule has 1 N–H and O–H groups in total. The van der Waals surface area contributed by atoms with Gasteiger partial charge in [-0.15, -0.1) is 0 Å². The minimum Gasteiger partial charge on any atom is -0.462 e. The third-order valence-electron chi connectivity index (χ3n) is 6.05. The maximum atomic E-state index is 11.8. The summed E-state index contributed by atoms with van der Waals surface area (Å²) in [6.45, 7) is 5.97. The molecule has 10 heteroatoms. The van der Waals surface area contributed by atoms with Crippen LogP contribution in [0.15, 0.2) is 45.9 Å². The Balaban J connectivity index is 1.27. The van der Waals surface area contributed by atoms with Crippen molar-refractivity contribution in [3.8, 4) is 11.3 Å². The van der Waals surface area contributed by atoms with Crippen molar-refractivity contribution in [3.05, 3.63) is 47.7 Å². The van der Waals surface area contributed by atoms with E-state index in [1.54, 1.807) is 25.3 Å². The maximum absolute atomic E-state index is 11.8. The van der Waals surface area contributed by atoms with Gasteiger partial charge in [-0.1, -0.05) is 12.1 Å². The van der Waals surface area contributed by atoms with Crippen LogP contribution in [-0.4, -0.2) is 59.9 Å². The summed E-state index contributed by atoms with van der Waals surface area (Å²) in [5.74, 6) is 2.73. The summed E-state index contributed by atoms with van der Waals surface area (Å²) in [5.41, 5.74) is 4.31. The number of esters is 1. The molecule has 3 aromatic rings. The Morgan fingerprint density at radius 2 is 1.60 bits per heavy atom. The smallest absolute Gasteiger partial charge is 0.338 e. The highest BCUT2D eigenvalue weighted by molar-refractivity contribution is 5.90. The molecule has 35 heavy (non-hydrogen) atoms. The average Bonchev–Trinajstić information content (AvgIpc) is 3.67. The third kappa shape index (κ3) is 5.42. The lowest BCUT2D eigenvalue weighted by atomic mass is 10.1. The molecule has 0 unspecified atom stereocenters. The van der Waals surface area contributed by atoms with E-state index < -0.39 is 0 Å². The standard InChI is InChI=1S/C25H29N7O3/c1-2-34-22(33)19-9-7-18(8-10-19)21-12-11-20(35-21)17-26-30-23-27-24(31-13-3-4-14-31)29-25(28-23)32-15-5-6-16-32/h7-12,17H,2-6,13-16H2,1H3,(H,27,28,29,30)/b26-17+. The van der Waals surface area contributed by atoms with Gasteiger partial charge in [0.2, 0.25) is 17.8 Å². The predicted molar refractivity (Wildman–Crippen MR) is 134 cm³/mol. The molecule has 0 radical (unpaired) electrons. The molecule has 182 valence electrons. The number of aromatic nitrogens is 3. The molecule has 2 aromatic heterocycles. The summed E-state index contributed by atoms with van der Waals surface area (Å²) < 4.78 is 10.9. The number of hydrazone groups is 1. The Morgan fingerprint density at radius 1 is 0.971 bits per heavy atom. The Labute approximate surface area is 204 Å². The molecule has 0 spiro atoms. The zero-order valence-electron chi connectivity index (χ0n) is 19.8. The molecule has 4 heterocycles. The van der Waals surface area contributed by atoms with E-state index in [0.29, 0.717) is 41.5 Å². The zero-order valence-corrected chi connectivity index (χ0v) is 19.8. The number of hydrogen-bond donors (Lipinski definition) is 1. The summed E-state index contributed by atoms with van der Waals surface area (Å²) >= 11 is 0. The van der Waals surface area contributed by atoms with Crippen LogP contribution in [0.5, 0.6) is 0 Å². The highest BCUT2D eigenvalue weighted by atomic mass is 16.5. The Morgan fingerprint density at radius 3 is 2.20 bits per heavy atom. The van der Waals surface area contributed by atoms with Crippen LogP contribution in [0.4, 0.5) is 17.8 Å². The van der Waals surface area contributed by atoms with Crippen molar-refractivity contribution in [1.29, 1.82) is 0 Å². The number of ether oxygens (including phenoxy) is 1. The van der Waals surface area contributed by atoms with Gasteiger partial charge in [0, 0.05) is 31.7 Å². The van der Waals surface area contributed by atoms with Crippen LogP contribution < -0.4 is 15.2 Å². The van der Waals surface area contributed by atoms with Gasteiger partial charge in [-0.2, -0.15) is 20.1 Å². The minimum atomic E-state index is -0.337. The van der Waals surface area contributed by atoms with Crippen LogP contribution in [-0.2, 0) is 4.74 Å². The number of furan rings is 1. The van der Waals surface area contributed by atoms with E-state index in [1.165, 1.54) is 0 Å². The maximum Gasteiger partial charge on any atom is 0.338 e. The molecule has 0 bridgehead atoms. The van der Waals surface area contributed by atoms with Gasteiger partial charge in [-0.25, -0.2) is 10.2 Å². The number of anilines is 3. The van der Waals surface area contributed by atoms with Gasteiger partial charge >= 0.3 is 5.97 Å².